The molecule has 5 fully saturated rings. The number of amides is 1. The summed E-state index contributed by atoms with van der Waals surface area (Å²) in [7, 11) is 4.29. The number of hydrogen-bond acceptors (Lipinski definition) is 3. The highest BCUT2D eigenvalue weighted by atomic mass is 16.3. The van der Waals surface area contributed by atoms with E-state index < -0.39 is 5.60 Å². The third kappa shape index (κ3) is 2.90. The predicted molar refractivity (Wildman–Crippen MR) is 94.6 cm³/mol. The van der Waals surface area contributed by atoms with Gasteiger partial charge in [0, 0.05) is 18.5 Å². The first-order valence-electron chi connectivity index (χ1n) is 9.99. The molecule has 0 spiro atoms. The number of nitrogens with one attached hydrogen (secondary N) is 1. The molecule has 136 valence electrons. The third-order valence-corrected chi connectivity index (χ3v) is 7.78. The van der Waals surface area contributed by atoms with E-state index in [4.69, 9.17) is 0 Å². The van der Waals surface area contributed by atoms with Gasteiger partial charge in [-0.3, -0.25) is 4.79 Å². The van der Waals surface area contributed by atoms with Crippen LogP contribution in [0.3, 0.4) is 0 Å². The van der Waals surface area contributed by atoms with Gasteiger partial charge in [0.05, 0.1) is 5.60 Å². The fourth-order valence-electron chi connectivity index (χ4n) is 7.09. The van der Waals surface area contributed by atoms with Gasteiger partial charge in [-0.2, -0.15) is 0 Å². The van der Waals surface area contributed by atoms with Crippen LogP contribution in [0.2, 0.25) is 0 Å². The number of hydrogen-bond donors (Lipinski definition) is 2. The molecule has 1 amide bonds. The van der Waals surface area contributed by atoms with Crippen molar-refractivity contribution in [2.45, 2.75) is 81.8 Å². The molecule has 4 heteroatoms. The zero-order chi connectivity index (χ0) is 17.0. The maximum atomic E-state index is 12.7. The Balaban J connectivity index is 1.38. The molecule has 24 heavy (non-hydrogen) atoms. The predicted octanol–water partition coefficient (Wildman–Crippen LogP) is 2.70. The normalized spacial score (nSPS) is 42.7. The summed E-state index contributed by atoms with van der Waals surface area (Å²) in [4.78, 5) is 15.1. The van der Waals surface area contributed by atoms with Crippen molar-refractivity contribution in [2.24, 2.45) is 17.3 Å². The maximum Gasteiger partial charge on any atom is 0.220 e. The Morgan fingerprint density at radius 3 is 2.29 bits per heavy atom. The summed E-state index contributed by atoms with van der Waals surface area (Å²) in [5.41, 5.74) is -0.208. The second-order valence-electron chi connectivity index (χ2n) is 9.96. The van der Waals surface area contributed by atoms with Crippen molar-refractivity contribution in [3.8, 4) is 0 Å². The van der Waals surface area contributed by atoms with Crippen LogP contribution < -0.4 is 5.32 Å². The van der Waals surface area contributed by atoms with Crippen LogP contribution in [0.15, 0.2) is 0 Å². The van der Waals surface area contributed by atoms with Gasteiger partial charge in [-0.25, -0.2) is 0 Å². The van der Waals surface area contributed by atoms with E-state index in [1.54, 1.807) is 0 Å². The molecular formula is C20H34N2O2. The Bertz CT molecular complexity index is 496. The van der Waals surface area contributed by atoms with Crippen molar-refractivity contribution in [1.29, 1.82) is 0 Å². The zero-order valence-corrected chi connectivity index (χ0v) is 15.4. The molecule has 0 aromatic carbocycles. The molecule has 5 saturated carbocycles. The van der Waals surface area contributed by atoms with Gasteiger partial charge in [-0.15, -0.1) is 0 Å². The number of aliphatic hydroxyl groups is 1. The summed E-state index contributed by atoms with van der Waals surface area (Å²) in [6, 6.07) is 0. The molecule has 2 atom stereocenters. The van der Waals surface area contributed by atoms with Crippen LogP contribution >= 0.6 is 0 Å². The van der Waals surface area contributed by atoms with E-state index in [0.717, 1.165) is 38.6 Å². The first-order chi connectivity index (χ1) is 11.3. The minimum absolute atomic E-state index is 0.0872. The standard InChI is InChI=1S/C20H34N2O2/c1-22(2)19(5-3-4-6-19)14-21-17(23)12-18-8-15-7-16(9-18)11-20(24,10-15)13-18/h15-16,24H,3-14H2,1-2H3,(H,21,23)/t15-,16-,18?,20?/m1/s1. The summed E-state index contributed by atoms with van der Waals surface area (Å²) in [6.07, 6.45) is 12.0. The van der Waals surface area contributed by atoms with Crippen LogP contribution in [-0.2, 0) is 4.79 Å². The molecule has 2 N–H and O–H groups in total. The van der Waals surface area contributed by atoms with Crippen LogP contribution in [-0.4, -0.2) is 47.7 Å². The lowest BCUT2D eigenvalue weighted by Gasteiger charge is -2.60. The number of carbonyl (C=O) groups is 1. The van der Waals surface area contributed by atoms with Gasteiger partial charge in [-0.1, -0.05) is 12.8 Å². The molecule has 5 aliphatic carbocycles. The Morgan fingerprint density at radius 2 is 1.75 bits per heavy atom. The minimum Gasteiger partial charge on any atom is -0.390 e. The van der Waals surface area contributed by atoms with Crippen LogP contribution in [0.4, 0.5) is 0 Å². The fourth-order valence-corrected chi connectivity index (χ4v) is 7.09. The molecule has 5 aliphatic rings. The average molecular weight is 335 g/mol. The second-order valence-corrected chi connectivity index (χ2v) is 9.96. The van der Waals surface area contributed by atoms with Crippen molar-refractivity contribution in [3.63, 3.8) is 0 Å². The third-order valence-electron chi connectivity index (χ3n) is 7.78. The van der Waals surface area contributed by atoms with E-state index in [9.17, 15) is 9.90 Å². The molecule has 4 bridgehead atoms. The van der Waals surface area contributed by atoms with Gasteiger partial charge in [0.1, 0.15) is 0 Å². The van der Waals surface area contributed by atoms with Crippen LogP contribution in [0, 0.1) is 17.3 Å². The maximum absolute atomic E-state index is 12.7. The minimum atomic E-state index is -0.458. The lowest BCUT2D eigenvalue weighted by molar-refractivity contribution is -0.169. The van der Waals surface area contributed by atoms with E-state index in [0.29, 0.717) is 18.3 Å². The van der Waals surface area contributed by atoms with Crippen molar-refractivity contribution in [2.75, 3.05) is 20.6 Å². The fraction of sp³-hybridized carbons (Fsp3) is 0.950. The van der Waals surface area contributed by atoms with Crippen molar-refractivity contribution >= 4 is 5.91 Å². The molecular weight excluding hydrogens is 300 g/mol. The van der Waals surface area contributed by atoms with Gasteiger partial charge < -0.3 is 15.3 Å². The molecule has 0 saturated heterocycles. The Hall–Kier alpha value is -0.610. The number of likely N-dealkylation sites (N-methyl/N-ethyl adjacent to an activating group) is 1. The molecule has 0 radical (unpaired) electrons. The summed E-state index contributed by atoms with van der Waals surface area (Å²) >= 11 is 0. The summed E-state index contributed by atoms with van der Waals surface area (Å²) < 4.78 is 0. The van der Waals surface area contributed by atoms with E-state index in [1.165, 1.54) is 32.1 Å². The van der Waals surface area contributed by atoms with E-state index in [-0.39, 0.29) is 16.9 Å². The summed E-state index contributed by atoms with van der Waals surface area (Å²) in [5.74, 6) is 1.53. The van der Waals surface area contributed by atoms with Gasteiger partial charge >= 0.3 is 0 Å². The van der Waals surface area contributed by atoms with Gasteiger partial charge in [0.25, 0.3) is 0 Å². The van der Waals surface area contributed by atoms with Gasteiger partial charge in [0.15, 0.2) is 0 Å². The lowest BCUT2D eigenvalue weighted by atomic mass is 9.47. The Labute approximate surface area is 146 Å². The summed E-state index contributed by atoms with van der Waals surface area (Å²) in [5, 5.41) is 14.1. The quantitative estimate of drug-likeness (QED) is 0.813. The van der Waals surface area contributed by atoms with Crippen molar-refractivity contribution in [3.05, 3.63) is 0 Å². The Kier molecular flexibility index (Phi) is 4.00. The topological polar surface area (TPSA) is 52.6 Å². The number of nitrogens with zero attached hydrogens (tertiary/aromatic N) is 1. The van der Waals surface area contributed by atoms with E-state index in [2.05, 4.69) is 24.3 Å². The highest BCUT2D eigenvalue weighted by Crippen LogP contribution is 2.62. The smallest absolute Gasteiger partial charge is 0.220 e. The van der Waals surface area contributed by atoms with Crippen molar-refractivity contribution in [1.82, 2.24) is 10.2 Å². The van der Waals surface area contributed by atoms with Crippen LogP contribution in [0.25, 0.3) is 0 Å². The molecule has 4 nitrogen and oxygen atoms in total. The molecule has 0 unspecified atom stereocenters. The first kappa shape index (κ1) is 16.8. The van der Waals surface area contributed by atoms with Gasteiger partial charge in [0.2, 0.25) is 5.91 Å². The second kappa shape index (κ2) is 5.70. The molecule has 0 aromatic heterocycles. The SMILES string of the molecule is CN(C)C1(CNC(=O)CC23C[C@H]4C[C@@H](CC(O)(C4)C2)C3)CCCC1. The average Bonchev–Trinajstić information content (AvgIpc) is 2.92. The first-order valence-corrected chi connectivity index (χ1v) is 9.99. The monoisotopic (exact) mass is 334 g/mol. The largest absolute Gasteiger partial charge is 0.390 e. The Morgan fingerprint density at radius 1 is 1.12 bits per heavy atom. The lowest BCUT2D eigenvalue weighted by Crippen LogP contribution is -2.57. The van der Waals surface area contributed by atoms with Gasteiger partial charge in [-0.05, 0) is 82.7 Å². The highest BCUT2D eigenvalue weighted by molar-refractivity contribution is 5.77. The van der Waals surface area contributed by atoms with Crippen LogP contribution in [0.1, 0.15) is 70.6 Å². The zero-order valence-electron chi connectivity index (χ0n) is 15.4. The molecule has 0 heterocycles. The highest BCUT2D eigenvalue weighted by Gasteiger charge is 2.57. The van der Waals surface area contributed by atoms with E-state index in [1.807, 2.05) is 0 Å². The molecule has 0 aliphatic heterocycles. The molecule has 5 rings (SSSR count). The number of carbonyl (C=O) groups excluding carboxylic acids is 1. The van der Waals surface area contributed by atoms with Crippen molar-refractivity contribution < 1.29 is 9.90 Å². The molecule has 0 aromatic rings. The van der Waals surface area contributed by atoms with Crippen LogP contribution in [0.5, 0.6) is 0 Å². The summed E-state index contributed by atoms with van der Waals surface area (Å²) in [6.45, 7) is 0.784. The number of rotatable bonds is 5. The van der Waals surface area contributed by atoms with E-state index >= 15 is 0 Å².